The lowest BCUT2D eigenvalue weighted by atomic mass is 10.2. The van der Waals surface area contributed by atoms with Crippen LogP contribution in [0.25, 0.3) is 0 Å². The van der Waals surface area contributed by atoms with Crippen molar-refractivity contribution >= 4 is 16.3 Å². The number of thiophene rings is 1. The van der Waals surface area contributed by atoms with Crippen molar-refractivity contribution in [3.8, 4) is 10.8 Å². The van der Waals surface area contributed by atoms with Crippen LogP contribution in [0.4, 0.5) is 18.2 Å². The summed E-state index contributed by atoms with van der Waals surface area (Å²) in [7, 11) is 1.76. The summed E-state index contributed by atoms with van der Waals surface area (Å²) in [5.74, 6) is 0.175. The second kappa shape index (κ2) is 4.89. The number of nitrogens with one attached hydrogen (secondary N) is 1. The lowest BCUT2D eigenvalue weighted by Crippen LogP contribution is -2.04. The number of ether oxygens (including phenoxy) is 1. The van der Waals surface area contributed by atoms with Crippen molar-refractivity contribution < 1.29 is 17.9 Å². The molecule has 0 bridgehead atoms. The Bertz CT molecular complexity index is 536. The highest BCUT2D eigenvalue weighted by Gasteiger charge is 2.30. The maximum Gasteiger partial charge on any atom is 0.416 e. The minimum Gasteiger partial charge on any atom is -0.447 e. The van der Waals surface area contributed by atoms with Crippen LogP contribution in [0, 0.1) is 0 Å². The van der Waals surface area contributed by atoms with E-state index in [1.54, 1.807) is 19.2 Å². The zero-order valence-electron chi connectivity index (χ0n) is 9.41. The van der Waals surface area contributed by atoms with E-state index < -0.39 is 11.7 Å². The minimum absolute atomic E-state index is 0.175. The van der Waals surface area contributed by atoms with Gasteiger partial charge in [0.25, 0.3) is 0 Å². The van der Waals surface area contributed by atoms with Crippen molar-refractivity contribution in [1.29, 1.82) is 0 Å². The van der Waals surface area contributed by atoms with Gasteiger partial charge in [-0.25, -0.2) is 0 Å². The second-order valence-corrected chi connectivity index (χ2v) is 4.54. The van der Waals surface area contributed by atoms with E-state index in [-0.39, 0.29) is 5.75 Å². The summed E-state index contributed by atoms with van der Waals surface area (Å²) in [5, 5.41) is 4.35. The van der Waals surface area contributed by atoms with Gasteiger partial charge in [-0.15, -0.1) is 0 Å². The van der Waals surface area contributed by atoms with Gasteiger partial charge < -0.3 is 10.1 Å². The highest BCUT2D eigenvalue weighted by molar-refractivity contribution is 7.17. The number of hydrogen-bond acceptors (Lipinski definition) is 3. The average Bonchev–Trinajstić information content (AvgIpc) is 2.76. The zero-order chi connectivity index (χ0) is 13.2. The van der Waals surface area contributed by atoms with Crippen LogP contribution in [0.3, 0.4) is 0 Å². The van der Waals surface area contributed by atoms with Crippen LogP contribution in [-0.4, -0.2) is 7.05 Å². The number of alkyl halides is 3. The Hall–Kier alpha value is -1.69. The van der Waals surface area contributed by atoms with E-state index in [0.717, 1.165) is 17.1 Å². The van der Waals surface area contributed by atoms with Crippen LogP contribution in [0.5, 0.6) is 10.8 Å². The van der Waals surface area contributed by atoms with Crippen molar-refractivity contribution in [2.45, 2.75) is 6.18 Å². The summed E-state index contributed by atoms with van der Waals surface area (Å²) in [6.07, 6.45) is -4.36. The number of hydrogen-bond donors (Lipinski definition) is 1. The monoisotopic (exact) mass is 273 g/mol. The third kappa shape index (κ3) is 2.95. The van der Waals surface area contributed by atoms with Gasteiger partial charge in [-0.2, -0.15) is 13.2 Å². The summed E-state index contributed by atoms with van der Waals surface area (Å²) >= 11 is 1.33. The fraction of sp³-hybridized carbons (Fsp3) is 0.167. The highest BCUT2D eigenvalue weighted by atomic mass is 32.1. The van der Waals surface area contributed by atoms with Crippen LogP contribution < -0.4 is 10.1 Å². The first kappa shape index (κ1) is 12.8. The predicted octanol–water partition coefficient (Wildman–Crippen LogP) is 4.60. The third-order valence-corrected chi connectivity index (χ3v) is 3.19. The first-order chi connectivity index (χ1) is 8.49. The molecule has 0 radical (unpaired) electrons. The van der Waals surface area contributed by atoms with Gasteiger partial charge in [0, 0.05) is 7.05 Å². The quantitative estimate of drug-likeness (QED) is 0.882. The molecule has 0 spiro atoms. The number of halogens is 3. The molecular weight excluding hydrogens is 263 g/mol. The van der Waals surface area contributed by atoms with Crippen LogP contribution in [-0.2, 0) is 6.18 Å². The molecule has 6 heteroatoms. The lowest BCUT2D eigenvalue weighted by Gasteiger charge is -2.08. The number of anilines is 1. The third-order valence-electron chi connectivity index (χ3n) is 2.21. The molecule has 18 heavy (non-hydrogen) atoms. The van der Waals surface area contributed by atoms with E-state index in [2.05, 4.69) is 5.32 Å². The molecule has 2 rings (SSSR count). The van der Waals surface area contributed by atoms with Crippen molar-refractivity contribution in [3.05, 3.63) is 42.0 Å². The molecule has 0 aliphatic heterocycles. The molecule has 0 unspecified atom stereocenters. The maximum atomic E-state index is 12.5. The fourth-order valence-electron chi connectivity index (χ4n) is 1.36. The summed E-state index contributed by atoms with van der Waals surface area (Å²) in [6, 6.07) is 8.32. The van der Waals surface area contributed by atoms with Gasteiger partial charge in [0.1, 0.15) is 5.75 Å². The molecule has 1 aromatic heterocycles. The Morgan fingerprint density at radius 3 is 2.56 bits per heavy atom. The minimum atomic E-state index is -4.36. The van der Waals surface area contributed by atoms with Crippen molar-refractivity contribution in [2.75, 3.05) is 12.4 Å². The summed E-state index contributed by atoms with van der Waals surface area (Å²) in [6.45, 7) is 0. The lowest BCUT2D eigenvalue weighted by molar-refractivity contribution is -0.137. The molecule has 96 valence electrons. The number of benzene rings is 1. The van der Waals surface area contributed by atoms with Gasteiger partial charge in [0.15, 0.2) is 5.06 Å². The molecule has 0 saturated carbocycles. The molecule has 0 atom stereocenters. The first-order valence-corrected chi connectivity index (χ1v) is 5.93. The molecule has 0 fully saturated rings. The van der Waals surface area contributed by atoms with Crippen LogP contribution in [0.2, 0.25) is 0 Å². The average molecular weight is 273 g/mol. The molecule has 2 aromatic rings. The molecule has 0 aliphatic carbocycles. The molecule has 0 amide bonds. The van der Waals surface area contributed by atoms with Crippen molar-refractivity contribution in [3.63, 3.8) is 0 Å². The molecule has 1 N–H and O–H groups in total. The van der Waals surface area contributed by atoms with Crippen LogP contribution in [0.1, 0.15) is 5.56 Å². The molecule has 1 heterocycles. The van der Waals surface area contributed by atoms with E-state index in [4.69, 9.17) is 4.74 Å². The largest absolute Gasteiger partial charge is 0.447 e. The highest BCUT2D eigenvalue weighted by Crippen LogP contribution is 2.35. The van der Waals surface area contributed by atoms with Gasteiger partial charge in [-0.05, 0) is 30.3 Å². The van der Waals surface area contributed by atoms with Gasteiger partial charge in [-0.3, -0.25) is 0 Å². The van der Waals surface area contributed by atoms with Gasteiger partial charge >= 0.3 is 6.18 Å². The van der Waals surface area contributed by atoms with E-state index in [1.165, 1.54) is 23.5 Å². The predicted molar refractivity (Wildman–Crippen MR) is 65.4 cm³/mol. The normalized spacial score (nSPS) is 11.3. The van der Waals surface area contributed by atoms with Gasteiger partial charge in [0.05, 0.1) is 10.6 Å². The molecule has 0 aliphatic rings. The Kier molecular flexibility index (Phi) is 3.47. The molecular formula is C12H10F3NOS. The fourth-order valence-corrected chi connectivity index (χ4v) is 2.09. The van der Waals surface area contributed by atoms with E-state index >= 15 is 0 Å². The van der Waals surface area contributed by atoms with Crippen LogP contribution in [0.15, 0.2) is 36.4 Å². The molecule has 1 aromatic carbocycles. The zero-order valence-corrected chi connectivity index (χ0v) is 10.2. The van der Waals surface area contributed by atoms with Gasteiger partial charge in [-0.1, -0.05) is 17.4 Å². The summed E-state index contributed by atoms with van der Waals surface area (Å²) < 4.78 is 42.9. The van der Waals surface area contributed by atoms with Crippen molar-refractivity contribution in [1.82, 2.24) is 0 Å². The smallest absolute Gasteiger partial charge is 0.416 e. The molecule has 2 nitrogen and oxygen atoms in total. The summed E-state index contributed by atoms with van der Waals surface area (Å²) in [5.41, 5.74) is -0.717. The van der Waals surface area contributed by atoms with E-state index in [0.29, 0.717) is 5.06 Å². The Morgan fingerprint density at radius 2 is 1.94 bits per heavy atom. The molecule has 0 saturated heterocycles. The van der Waals surface area contributed by atoms with Gasteiger partial charge in [0.2, 0.25) is 0 Å². The van der Waals surface area contributed by atoms with Crippen molar-refractivity contribution in [2.24, 2.45) is 0 Å². The SMILES string of the molecule is CNc1ccc(Oc2cccc(C(F)(F)F)c2)s1. The Balaban J connectivity index is 2.19. The first-order valence-electron chi connectivity index (χ1n) is 5.12. The second-order valence-electron chi connectivity index (χ2n) is 3.50. The topological polar surface area (TPSA) is 21.3 Å². The summed E-state index contributed by atoms with van der Waals surface area (Å²) in [4.78, 5) is 0. The number of rotatable bonds is 3. The standard InChI is InChI=1S/C12H10F3NOS/c1-16-10-5-6-11(18-10)17-9-4-2-3-8(7-9)12(13,14)15/h2-7,16H,1H3. The van der Waals surface area contributed by atoms with E-state index in [1.807, 2.05) is 0 Å². The maximum absolute atomic E-state index is 12.5. The van der Waals surface area contributed by atoms with E-state index in [9.17, 15) is 13.2 Å². The van der Waals surface area contributed by atoms with Crippen LogP contribution >= 0.6 is 11.3 Å². The Morgan fingerprint density at radius 1 is 1.17 bits per heavy atom. The Labute approximate surface area is 106 Å².